The Morgan fingerprint density at radius 3 is 2.39 bits per heavy atom. The van der Waals surface area contributed by atoms with Crippen LogP contribution in [0, 0.1) is 11.8 Å². The first-order valence-corrected chi connectivity index (χ1v) is 11.6. The Kier molecular flexibility index (Phi) is 8.51. The molecular formula is C18H34N4O5S. The molecule has 2 aliphatic heterocycles. The van der Waals surface area contributed by atoms with Gasteiger partial charge in [-0.05, 0) is 32.1 Å². The van der Waals surface area contributed by atoms with Crippen molar-refractivity contribution in [2.45, 2.75) is 40.0 Å². The lowest BCUT2D eigenvalue weighted by molar-refractivity contribution is -0.126. The minimum atomic E-state index is -3.64. The van der Waals surface area contributed by atoms with Crippen LogP contribution in [0.2, 0.25) is 0 Å². The summed E-state index contributed by atoms with van der Waals surface area (Å²) < 4.78 is 33.8. The van der Waals surface area contributed by atoms with Crippen LogP contribution in [-0.4, -0.2) is 86.3 Å². The van der Waals surface area contributed by atoms with E-state index in [9.17, 15) is 18.0 Å². The summed E-state index contributed by atoms with van der Waals surface area (Å²) in [5.41, 5.74) is 0. The highest BCUT2D eigenvalue weighted by Crippen LogP contribution is 2.22. The van der Waals surface area contributed by atoms with Crippen molar-refractivity contribution in [3.05, 3.63) is 0 Å². The van der Waals surface area contributed by atoms with Crippen molar-refractivity contribution >= 4 is 22.2 Å². The van der Waals surface area contributed by atoms with Crippen LogP contribution in [0.15, 0.2) is 0 Å². The molecule has 1 atom stereocenters. The molecule has 2 rings (SSSR count). The number of hydrogen-bond acceptors (Lipinski definition) is 5. The van der Waals surface area contributed by atoms with E-state index in [2.05, 4.69) is 19.2 Å². The number of rotatable bonds is 7. The van der Waals surface area contributed by atoms with E-state index >= 15 is 0 Å². The van der Waals surface area contributed by atoms with Crippen molar-refractivity contribution in [2.24, 2.45) is 11.8 Å². The summed E-state index contributed by atoms with van der Waals surface area (Å²) in [5.74, 6) is 0.140. The Bertz CT molecular complexity index is 632. The molecule has 2 amide bonds. The largest absolute Gasteiger partial charge is 0.450 e. The Morgan fingerprint density at radius 1 is 1.11 bits per heavy atom. The molecule has 0 bridgehead atoms. The van der Waals surface area contributed by atoms with Crippen LogP contribution in [0.5, 0.6) is 0 Å². The average Bonchev–Trinajstić information content (AvgIpc) is 2.68. The molecule has 0 aromatic heterocycles. The van der Waals surface area contributed by atoms with E-state index in [0.29, 0.717) is 51.5 Å². The second kappa shape index (κ2) is 10.4. The maximum atomic E-state index is 13.0. The number of nitrogens with zero attached hydrogens (tertiary/aromatic N) is 3. The number of nitrogens with one attached hydrogen (secondary N) is 1. The predicted octanol–water partition coefficient (Wildman–Crippen LogP) is 0.880. The second-order valence-electron chi connectivity index (χ2n) is 7.76. The number of piperidine rings is 1. The van der Waals surface area contributed by atoms with Crippen LogP contribution in [0.3, 0.4) is 0 Å². The molecule has 2 fully saturated rings. The zero-order valence-corrected chi connectivity index (χ0v) is 18.0. The van der Waals surface area contributed by atoms with E-state index in [1.807, 2.05) is 0 Å². The van der Waals surface area contributed by atoms with Crippen molar-refractivity contribution in [1.82, 2.24) is 18.8 Å². The fourth-order valence-corrected chi connectivity index (χ4v) is 5.15. The highest BCUT2D eigenvalue weighted by atomic mass is 32.2. The number of hydrogen-bond donors (Lipinski definition) is 1. The van der Waals surface area contributed by atoms with Gasteiger partial charge in [0.15, 0.2) is 0 Å². The quantitative estimate of drug-likeness (QED) is 0.662. The summed E-state index contributed by atoms with van der Waals surface area (Å²) in [6, 6.07) is 0. The van der Waals surface area contributed by atoms with Gasteiger partial charge < -0.3 is 15.0 Å². The third-order valence-electron chi connectivity index (χ3n) is 5.19. The summed E-state index contributed by atoms with van der Waals surface area (Å²) in [4.78, 5) is 25.7. The van der Waals surface area contributed by atoms with E-state index in [1.54, 1.807) is 6.92 Å². The molecule has 162 valence electrons. The third kappa shape index (κ3) is 6.05. The molecule has 9 nitrogen and oxygen atoms in total. The predicted molar refractivity (Wildman–Crippen MR) is 106 cm³/mol. The van der Waals surface area contributed by atoms with Gasteiger partial charge in [0.2, 0.25) is 5.91 Å². The van der Waals surface area contributed by atoms with Gasteiger partial charge in [-0.25, -0.2) is 4.79 Å². The maximum absolute atomic E-state index is 13.0. The Hall–Kier alpha value is -1.39. The minimum absolute atomic E-state index is 0.0623. The Labute approximate surface area is 168 Å². The van der Waals surface area contributed by atoms with E-state index < -0.39 is 16.3 Å². The van der Waals surface area contributed by atoms with Crippen molar-refractivity contribution < 1.29 is 22.7 Å². The van der Waals surface area contributed by atoms with Crippen LogP contribution in [0.4, 0.5) is 4.79 Å². The van der Waals surface area contributed by atoms with Crippen molar-refractivity contribution in [3.8, 4) is 0 Å². The first kappa shape index (κ1) is 22.9. The Morgan fingerprint density at radius 2 is 1.79 bits per heavy atom. The lowest BCUT2D eigenvalue weighted by Gasteiger charge is -2.38. The lowest BCUT2D eigenvalue weighted by atomic mass is 9.98. The molecule has 28 heavy (non-hydrogen) atoms. The van der Waals surface area contributed by atoms with Crippen LogP contribution >= 0.6 is 0 Å². The highest BCUT2D eigenvalue weighted by Gasteiger charge is 2.37. The number of ether oxygens (including phenoxy) is 1. The zero-order valence-electron chi connectivity index (χ0n) is 17.2. The number of amides is 2. The van der Waals surface area contributed by atoms with Crippen molar-refractivity contribution in [2.75, 3.05) is 52.4 Å². The highest BCUT2D eigenvalue weighted by molar-refractivity contribution is 7.86. The van der Waals surface area contributed by atoms with Gasteiger partial charge in [-0.3, -0.25) is 4.79 Å². The lowest BCUT2D eigenvalue weighted by Crippen LogP contribution is -2.56. The van der Waals surface area contributed by atoms with Gasteiger partial charge in [0.05, 0.1) is 12.5 Å². The first-order chi connectivity index (χ1) is 13.3. The van der Waals surface area contributed by atoms with Crippen molar-refractivity contribution in [1.29, 1.82) is 0 Å². The molecule has 1 N–H and O–H groups in total. The molecular weight excluding hydrogens is 384 g/mol. The normalized spacial score (nSPS) is 22.3. The number of carbonyl (C=O) groups excluding carboxylic acids is 2. The molecule has 0 radical (unpaired) electrons. The molecule has 0 aliphatic carbocycles. The summed E-state index contributed by atoms with van der Waals surface area (Å²) in [7, 11) is -3.64. The van der Waals surface area contributed by atoms with Crippen LogP contribution in [0.1, 0.15) is 40.0 Å². The van der Waals surface area contributed by atoms with Gasteiger partial charge in [0, 0.05) is 45.8 Å². The summed E-state index contributed by atoms with van der Waals surface area (Å²) >= 11 is 0. The van der Waals surface area contributed by atoms with E-state index in [0.717, 1.165) is 6.42 Å². The van der Waals surface area contributed by atoms with Gasteiger partial charge in [0.1, 0.15) is 0 Å². The zero-order chi connectivity index (χ0) is 20.7. The van der Waals surface area contributed by atoms with Crippen LogP contribution < -0.4 is 5.32 Å². The summed E-state index contributed by atoms with van der Waals surface area (Å²) in [6.45, 7) is 8.60. The third-order valence-corrected chi connectivity index (χ3v) is 7.20. The minimum Gasteiger partial charge on any atom is -0.450 e. The van der Waals surface area contributed by atoms with Crippen molar-refractivity contribution in [3.63, 3.8) is 0 Å². The Balaban J connectivity index is 1.89. The molecule has 2 saturated heterocycles. The topological polar surface area (TPSA) is 99.3 Å². The van der Waals surface area contributed by atoms with E-state index in [4.69, 9.17) is 4.74 Å². The fraction of sp³-hybridized carbons (Fsp3) is 0.889. The van der Waals surface area contributed by atoms with Gasteiger partial charge in [-0.2, -0.15) is 17.0 Å². The van der Waals surface area contributed by atoms with Gasteiger partial charge in [-0.1, -0.05) is 13.8 Å². The SMILES string of the molecule is CCOC(=O)N1CCN(S(=O)(=O)N2CCC[C@H](C(=O)NCCC(C)C)C2)CC1. The smallest absolute Gasteiger partial charge is 0.409 e. The van der Waals surface area contributed by atoms with E-state index in [-0.39, 0.29) is 31.5 Å². The first-order valence-electron chi connectivity index (χ1n) is 10.2. The molecule has 0 spiro atoms. The van der Waals surface area contributed by atoms with Gasteiger partial charge in [-0.15, -0.1) is 0 Å². The molecule has 0 unspecified atom stereocenters. The molecule has 10 heteroatoms. The maximum Gasteiger partial charge on any atom is 0.409 e. The average molecular weight is 419 g/mol. The monoisotopic (exact) mass is 418 g/mol. The fourth-order valence-electron chi connectivity index (χ4n) is 3.47. The number of carbonyl (C=O) groups is 2. The standard InChI is InChI=1S/C18H34N4O5S/c1-4-27-18(24)20-10-12-21(13-11-20)28(25,26)22-9-5-6-16(14-22)17(23)19-8-7-15(2)3/h15-16H,4-14H2,1-3H3,(H,19,23)/t16-/m0/s1. The second-order valence-corrected chi connectivity index (χ2v) is 9.69. The summed E-state index contributed by atoms with van der Waals surface area (Å²) in [6.07, 6.45) is 1.88. The molecule has 2 aliphatic rings. The van der Waals surface area contributed by atoms with Crippen LogP contribution in [0.25, 0.3) is 0 Å². The van der Waals surface area contributed by atoms with Gasteiger partial charge in [0.25, 0.3) is 10.2 Å². The summed E-state index contributed by atoms with van der Waals surface area (Å²) in [5, 5.41) is 2.93. The molecule has 0 aromatic carbocycles. The molecule has 0 aromatic rings. The van der Waals surface area contributed by atoms with E-state index in [1.165, 1.54) is 13.5 Å². The van der Waals surface area contributed by atoms with Gasteiger partial charge >= 0.3 is 6.09 Å². The molecule has 0 saturated carbocycles. The van der Waals surface area contributed by atoms with Crippen LogP contribution in [-0.2, 0) is 19.7 Å². The molecule has 2 heterocycles. The number of piperazine rings is 1.